The van der Waals surface area contributed by atoms with Crippen LogP contribution < -0.4 is 27.4 Å². The molecular formula is C27H22N8O8S2. The molecule has 0 spiro atoms. The summed E-state index contributed by atoms with van der Waals surface area (Å²) in [5, 5.41) is 20.4. The second-order valence-corrected chi connectivity index (χ2v) is 11.9. The average molecular weight is 651 g/mol. The molecule has 2 aliphatic heterocycles. The van der Waals surface area contributed by atoms with Crippen LogP contribution in [0.1, 0.15) is 5.56 Å². The van der Waals surface area contributed by atoms with Crippen molar-refractivity contribution in [1.29, 1.82) is 0 Å². The smallest absolute Gasteiger partial charge is 0.352 e. The molecule has 0 saturated carbocycles. The van der Waals surface area contributed by atoms with Gasteiger partial charge in [0.05, 0.1) is 17.5 Å². The highest BCUT2D eigenvalue weighted by molar-refractivity contribution is 8.01. The third kappa shape index (κ3) is 5.67. The van der Waals surface area contributed by atoms with Crippen molar-refractivity contribution in [3.8, 4) is 0 Å². The first-order chi connectivity index (χ1) is 21.6. The lowest BCUT2D eigenvalue weighted by Gasteiger charge is -2.49. The van der Waals surface area contributed by atoms with Gasteiger partial charge in [-0.2, -0.15) is 0 Å². The average Bonchev–Trinajstić information content (AvgIpc) is 3.36. The summed E-state index contributed by atoms with van der Waals surface area (Å²) >= 11 is 2.26. The second kappa shape index (κ2) is 12.0. The van der Waals surface area contributed by atoms with Gasteiger partial charge in [-0.1, -0.05) is 42.1 Å². The number of carboxylic acid groups (broad SMARTS) is 1. The Morgan fingerprint density at radius 2 is 1.78 bits per heavy atom. The first kappa shape index (κ1) is 29.7. The van der Waals surface area contributed by atoms with Crippen molar-refractivity contribution in [1.82, 2.24) is 34.9 Å². The number of anilines is 1. The molecule has 6 rings (SSSR count). The van der Waals surface area contributed by atoms with Crippen molar-refractivity contribution < 1.29 is 24.3 Å². The normalized spacial score (nSPS) is 17.5. The zero-order valence-corrected chi connectivity index (χ0v) is 24.5. The summed E-state index contributed by atoms with van der Waals surface area (Å²) in [6.45, 7) is 0. The molecule has 45 heavy (non-hydrogen) atoms. The number of nitrogens with one attached hydrogen (secondary N) is 5. The van der Waals surface area contributed by atoms with Gasteiger partial charge < -0.3 is 20.7 Å². The molecule has 0 radical (unpaired) electrons. The maximum absolute atomic E-state index is 13.1. The Morgan fingerprint density at radius 3 is 2.56 bits per heavy atom. The van der Waals surface area contributed by atoms with Crippen molar-refractivity contribution >= 4 is 64.1 Å². The maximum atomic E-state index is 13.1. The zero-order chi connectivity index (χ0) is 31.8. The molecule has 2 aromatic carbocycles. The summed E-state index contributed by atoms with van der Waals surface area (Å²) in [7, 11) is 0. The van der Waals surface area contributed by atoms with E-state index in [1.54, 1.807) is 48.5 Å². The van der Waals surface area contributed by atoms with E-state index in [9.17, 15) is 38.7 Å². The molecule has 230 valence electrons. The van der Waals surface area contributed by atoms with E-state index in [4.69, 9.17) is 0 Å². The number of β-lactam (4-membered cyclic amide) rings is 1. The third-order valence-electron chi connectivity index (χ3n) is 7.04. The summed E-state index contributed by atoms with van der Waals surface area (Å²) in [4.78, 5) is 92.6. The largest absolute Gasteiger partial charge is 0.477 e. The molecule has 16 nitrogen and oxygen atoms in total. The lowest BCUT2D eigenvalue weighted by molar-refractivity contribution is -0.150. The fourth-order valence-corrected chi connectivity index (χ4v) is 7.27. The van der Waals surface area contributed by atoms with E-state index in [2.05, 4.69) is 25.7 Å². The monoisotopic (exact) mass is 650 g/mol. The lowest BCUT2D eigenvalue weighted by atomic mass is 10.0. The zero-order valence-electron chi connectivity index (χ0n) is 22.9. The van der Waals surface area contributed by atoms with Gasteiger partial charge in [-0.05, 0) is 29.3 Å². The van der Waals surface area contributed by atoms with Gasteiger partial charge in [-0.25, -0.2) is 24.0 Å². The Hall–Kier alpha value is -5.36. The van der Waals surface area contributed by atoms with Crippen LogP contribution in [0.2, 0.25) is 0 Å². The Balaban J connectivity index is 1.12. The van der Waals surface area contributed by atoms with Crippen LogP contribution in [-0.4, -0.2) is 81.5 Å². The Morgan fingerprint density at radius 1 is 1.02 bits per heavy atom. The van der Waals surface area contributed by atoms with Gasteiger partial charge in [0.25, 0.3) is 5.91 Å². The van der Waals surface area contributed by atoms with E-state index in [1.165, 1.54) is 11.8 Å². The minimum absolute atomic E-state index is 0.0737. The van der Waals surface area contributed by atoms with E-state index in [0.29, 0.717) is 27.9 Å². The number of rotatable bonds is 8. The van der Waals surface area contributed by atoms with E-state index in [1.807, 2.05) is 5.10 Å². The molecule has 18 heteroatoms. The highest BCUT2D eigenvalue weighted by Crippen LogP contribution is 2.41. The van der Waals surface area contributed by atoms with Crippen molar-refractivity contribution in [2.24, 2.45) is 0 Å². The predicted molar refractivity (Wildman–Crippen MR) is 163 cm³/mol. The Kier molecular flexibility index (Phi) is 7.90. The number of aromatic amines is 3. The van der Waals surface area contributed by atoms with Crippen LogP contribution in [0.3, 0.4) is 0 Å². The SMILES string of the molecule is O=C(Cc1ccccc1NC(=O)n1c(=O)[nH]c2ccccc21)NC1C(=O)N2C(C(=O)O)=C(CSc3n[nH]c(=O)c(=O)[nH]3)CS[C@H]12. The molecule has 2 atom stereocenters. The number of hydrogen-bond acceptors (Lipinski definition) is 10. The number of hydrogen-bond donors (Lipinski definition) is 6. The topological polar surface area (TPSA) is 232 Å². The van der Waals surface area contributed by atoms with Crippen LogP contribution in [0.25, 0.3) is 11.0 Å². The minimum atomic E-state index is -1.32. The van der Waals surface area contributed by atoms with E-state index in [0.717, 1.165) is 21.2 Å². The fraction of sp³-hybridized carbons (Fsp3) is 0.185. The number of amides is 3. The molecule has 1 saturated heterocycles. The number of carbonyl (C=O) groups is 4. The number of carboxylic acids is 1. The van der Waals surface area contributed by atoms with Gasteiger partial charge in [-0.3, -0.25) is 29.1 Å². The Bertz CT molecular complexity index is 2100. The van der Waals surface area contributed by atoms with Gasteiger partial charge in [0, 0.05) is 17.2 Å². The molecule has 2 aliphatic rings. The van der Waals surface area contributed by atoms with Crippen molar-refractivity contribution in [2.75, 3.05) is 16.8 Å². The number of para-hydroxylation sites is 3. The summed E-state index contributed by atoms with van der Waals surface area (Å²) in [6.07, 6.45) is -0.214. The molecule has 0 aliphatic carbocycles. The molecule has 3 amide bonds. The van der Waals surface area contributed by atoms with Crippen LogP contribution in [0.5, 0.6) is 0 Å². The van der Waals surface area contributed by atoms with E-state index >= 15 is 0 Å². The number of fused-ring (bicyclic) bond motifs is 2. The number of benzene rings is 2. The first-order valence-electron chi connectivity index (χ1n) is 13.2. The second-order valence-electron chi connectivity index (χ2n) is 9.86. The minimum Gasteiger partial charge on any atom is -0.477 e. The number of aliphatic carboxylic acids is 1. The highest BCUT2D eigenvalue weighted by Gasteiger charge is 2.54. The van der Waals surface area contributed by atoms with Gasteiger partial charge in [0.2, 0.25) is 5.91 Å². The van der Waals surface area contributed by atoms with Gasteiger partial charge in [0.15, 0.2) is 5.16 Å². The first-order valence-corrected chi connectivity index (χ1v) is 15.3. The quantitative estimate of drug-likeness (QED) is 0.0860. The van der Waals surface area contributed by atoms with Crippen LogP contribution in [-0.2, 0) is 20.8 Å². The highest BCUT2D eigenvalue weighted by atomic mass is 32.2. The van der Waals surface area contributed by atoms with E-state index in [-0.39, 0.29) is 28.8 Å². The number of imidazole rings is 1. The van der Waals surface area contributed by atoms with Crippen LogP contribution in [0, 0.1) is 0 Å². The summed E-state index contributed by atoms with van der Waals surface area (Å²) in [6, 6.07) is 11.5. The molecule has 0 bridgehead atoms. The number of carbonyl (C=O) groups excluding carboxylic acids is 3. The number of nitrogens with zero attached hydrogens (tertiary/aromatic N) is 3. The van der Waals surface area contributed by atoms with Crippen LogP contribution >= 0.6 is 23.5 Å². The molecule has 1 fully saturated rings. The number of thioether (sulfide) groups is 2. The van der Waals surface area contributed by atoms with Gasteiger partial charge in [0.1, 0.15) is 17.1 Å². The summed E-state index contributed by atoms with van der Waals surface area (Å²) in [5.41, 5.74) is -0.669. The molecule has 4 heterocycles. The molecule has 6 N–H and O–H groups in total. The van der Waals surface area contributed by atoms with Gasteiger partial charge in [-0.15, -0.1) is 16.9 Å². The summed E-state index contributed by atoms with van der Waals surface area (Å²) < 4.78 is 0.949. The van der Waals surface area contributed by atoms with Gasteiger partial charge >= 0.3 is 28.8 Å². The molecule has 4 aromatic rings. The third-order valence-corrected chi connectivity index (χ3v) is 9.34. The number of H-pyrrole nitrogens is 3. The van der Waals surface area contributed by atoms with E-state index < -0.39 is 52.0 Å². The van der Waals surface area contributed by atoms with Crippen molar-refractivity contribution in [2.45, 2.75) is 23.0 Å². The molecule has 1 unspecified atom stereocenters. The van der Waals surface area contributed by atoms with Crippen LogP contribution in [0.15, 0.2) is 79.3 Å². The number of aromatic nitrogens is 5. The lowest BCUT2D eigenvalue weighted by Crippen LogP contribution is -2.70. The van der Waals surface area contributed by atoms with Crippen molar-refractivity contribution in [3.05, 3.63) is 96.6 Å². The molecular weight excluding hydrogens is 628 g/mol. The van der Waals surface area contributed by atoms with Crippen molar-refractivity contribution in [3.63, 3.8) is 0 Å². The Labute approximate surface area is 259 Å². The maximum Gasteiger partial charge on any atom is 0.352 e. The fourth-order valence-electron chi connectivity index (χ4n) is 4.97. The van der Waals surface area contributed by atoms with Crippen LogP contribution in [0.4, 0.5) is 10.5 Å². The predicted octanol–water partition coefficient (Wildman–Crippen LogP) is 0.255. The summed E-state index contributed by atoms with van der Waals surface area (Å²) in [5.74, 6) is -2.16. The molecule has 2 aromatic heterocycles. The standard InChI is InChI=1S/C27H22N8O8S2/c36-17(9-12-5-1-2-6-14(12)28-26(42)34-16-8-4-3-7-15(16)29-27(34)43)30-18-22(39)35-19(24(40)41)13(10-44-23(18)35)11-45-25-31-20(37)21(38)32-33-25/h1-8,18,23H,9-11H2,(H,28,42)(H,29,43)(H,30,36)(H,32,38)(H,40,41)(H,31,33,37)/t18?,23-/m1/s1.